The third-order valence-electron chi connectivity index (χ3n) is 5.24. The Balaban J connectivity index is 1.76. The molecule has 1 heteroatoms. The first-order valence-electron chi connectivity index (χ1n) is 11.0. The lowest BCUT2D eigenvalue weighted by Gasteiger charge is -2.03. The van der Waals surface area contributed by atoms with Gasteiger partial charge in [-0.3, -0.25) is 0 Å². The highest BCUT2D eigenvalue weighted by Crippen LogP contribution is 2.14. The van der Waals surface area contributed by atoms with E-state index in [9.17, 15) is 5.26 Å². The van der Waals surface area contributed by atoms with Gasteiger partial charge >= 0.3 is 0 Å². The average Bonchev–Trinajstić information content (AvgIpc) is 2.82. The second-order valence-corrected chi connectivity index (χ2v) is 7.54. The van der Waals surface area contributed by atoms with E-state index in [0.29, 0.717) is 5.56 Å². The molecule has 0 aliphatic rings. The molecule has 0 heterocycles. The molecule has 0 N–H and O–H groups in total. The van der Waals surface area contributed by atoms with E-state index in [1.165, 1.54) is 30.4 Å². The fourth-order valence-corrected chi connectivity index (χ4v) is 3.39. The molecule has 0 aliphatic heterocycles. The molecule has 0 saturated heterocycles. The predicted octanol–water partition coefficient (Wildman–Crippen LogP) is 6.65. The number of benzene rings is 3. The van der Waals surface area contributed by atoms with E-state index in [2.05, 4.69) is 73.9 Å². The van der Waals surface area contributed by atoms with Gasteiger partial charge in [-0.1, -0.05) is 74.6 Å². The van der Waals surface area contributed by atoms with Crippen LogP contribution in [0.1, 0.15) is 72.1 Å². The van der Waals surface area contributed by atoms with Gasteiger partial charge in [0.2, 0.25) is 0 Å². The van der Waals surface area contributed by atoms with Gasteiger partial charge in [-0.05, 0) is 72.9 Å². The smallest absolute Gasteiger partial charge is 0.100 e. The number of aryl methyl sites for hydroxylation is 2. The Labute approximate surface area is 186 Å². The highest BCUT2D eigenvalue weighted by atomic mass is 14.2. The largest absolute Gasteiger partial charge is 0.192 e. The van der Waals surface area contributed by atoms with E-state index in [1.54, 1.807) is 6.07 Å². The number of nitrogens with zero attached hydrogens (tertiary/aromatic N) is 1. The summed E-state index contributed by atoms with van der Waals surface area (Å²) in [5.41, 5.74) is 6.92. The molecule has 0 radical (unpaired) electrons. The summed E-state index contributed by atoms with van der Waals surface area (Å²) in [7, 11) is 0. The maximum absolute atomic E-state index is 9.24. The van der Waals surface area contributed by atoms with E-state index in [4.69, 9.17) is 0 Å². The Morgan fingerprint density at radius 2 is 1.35 bits per heavy atom. The molecule has 0 unspecified atom stereocenters. The van der Waals surface area contributed by atoms with Crippen molar-refractivity contribution in [3.05, 3.63) is 106 Å². The van der Waals surface area contributed by atoms with Crippen LogP contribution in [0.3, 0.4) is 0 Å². The lowest BCUT2D eigenvalue weighted by molar-refractivity contribution is 0.717. The summed E-state index contributed by atoms with van der Waals surface area (Å²) in [6.07, 6.45) is 5.81. The highest BCUT2D eigenvalue weighted by molar-refractivity contribution is 5.54. The fourth-order valence-electron chi connectivity index (χ4n) is 3.39. The first-order valence-corrected chi connectivity index (χ1v) is 11.0. The zero-order chi connectivity index (χ0) is 21.9. The summed E-state index contributed by atoms with van der Waals surface area (Å²) in [4.78, 5) is 0. The SMILES string of the molecule is CCCCCc1ccc(C#Cc2ccc(C#Cc3ccccc3C#N)c(CC)c2)cc1. The third-order valence-corrected chi connectivity index (χ3v) is 5.24. The normalized spacial score (nSPS) is 9.71. The molecular formula is C30H27N. The van der Waals surface area contributed by atoms with Crippen molar-refractivity contribution in [1.29, 1.82) is 5.26 Å². The van der Waals surface area contributed by atoms with Crippen LogP contribution in [-0.4, -0.2) is 0 Å². The number of hydrogen-bond donors (Lipinski definition) is 0. The number of hydrogen-bond acceptors (Lipinski definition) is 1. The molecule has 0 fully saturated rings. The maximum Gasteiger partial charge on any atom is 0.100 e. The summed E-state index contributed by atoms with van der Waals surface area (Å²) in [5.74, 6) is 12.9. The number of nitriles is 1. The van der Waals surface area contributed by atoms with Crippen molar-refractivity contribution in [3.8, 4) is 29.8 Å². The second-order valence-electron chi connectivity index (χ2n) is 7.54. The highest BCUT2D eigenvalue weighted by Gasteiger charge is 2.01. The molecule has 3 rings (SSSR count). The van der Waals surface area contributed by atoms with Crippen LogP contribution in [0, 0.1) is 35.0 Å². The van der Waals surface area contributed by atoms with Gasteiger partial charge in [0.15, 0.2) is 0 Å². The van der Waals surface area contributed by atoms with Crippen LogP contribution in [-0.2, 0) is 12.8 Å². The lowest BCUT2D eigenvalue weighted by atomic mass is 10.0. The van der Waals surface area contributed by atoms with Crippen LogP contribution in [0.25, 0.3) is 0 Å². The summed E-state index contributed by atoms with van der Waals surface area (Å²) in [6.45, 7) is 4.35. The molecule has 0 aromatic heterocycles. The van der Waals surface area contributed by atoms with Crippen LogP contribution < -0.4 is 0 Å². The molecule has 3 aromatic carbocycles. The molecule has 0 aliphatic carbocycles. The van der Waals surface area contributed by atoms with Crippen molar-refractivity contribution in [2.45, 2.75) is 46.0 Å². The van der Waals surface area contributed by atoms with Crippen LogP contribution >= 0.6 is 0 Å². The van der Waals surface area contributed by atoms with Crippen molar-refractivity contribution < 1.29 is 0 Å². The van der Waals surface area contributed by atoms with Crippen molar-refractivity contribution >= 4 is 0 Å². The Morgan fingerprint density at radius 3 is 2.06 bits per heavy atom. The van der Waals surface area contributed by atoms with E-state index >= 15 is 0 Å². The van der Waals surface area contributed by atoms with Crippen molar-refractivity contribution in [2.75, 3.05) is 0 Å². The summed E-state index contributed by atoms with van der Waals surface area (Å²) in [5, 5.41) is 9.24. The van der Waals surface area contributed by atoms with Crippen LogP contribution in [0.15, 0.2) is 66.7 Å². The molecule has 31 heavy (non-hydrogen) atoms. The Hall–Kier alpha value is -3.73. The third kappa shape index (κ3) is 6.37. The molecule has 0 amide bonds. The van der Waals surface area contributed by atoms with Gasteiger partial charge in [-0.25, -0.2) is 0 Å². The molecule has 0 bridgehead atoms. The standard InChI is InChI=1S/C30H27N/c1-3-5-6-9-24-12-14-25(15-13-24)16-17-26-18-19-29(27(4-2)22-26)21-20-28-10-7-8-11-30(28)23-31/h7-8,10-15,18-19,22H,3-6,9H2,1-2H3. The molecule has 3 aromatic rings. The Kier molecular flexibility index (Phi) is 8.12. The predicted molar refractivity (Wildman–Crippen MR) is 129 cm³/mol. The van der Waals surface area contributed by atoms with Gasteiger partial charge in [0.25, 0.3) is 0 Å². The quantitative estimate of drug-likeness (QED) is 0.347. The zero-order valence-corrected chi connectivity index (χ0v) is 18.3. The van der Waals surface area contributed by atoms with Crippen LogP contribution in [0.4, 0.5) is 0 Å². The van der Waals surface area contributed by atoms with Gasteiger partial charge < -0.3 is 0 Å². The topological polar surface area (TPSA) is 23.8 Å². The molecular weight excluding hydrogens is 374 g/mol. The minimum absolute atomic E-state index is 0.604. The summed E-state index contributed by atoms with van der Waals surface area (Å²) < 4.78 is 0. The molecule has 0 spiro atoms. The minimum Gasteiger partial charge on any atom is -0.192 e. The fraction of sp³-hybridized carbons (Fsp3) is 0.233. The van der Waals surface area contributed by atoms with E-state index in [1.807, 2.05) is 30.3 Å². The molecule has 152 valence electrons. The first kappa shape index (κ1) is 22.0. The summed E-state index contributed by atoms with van der Waals surface area (Å²) in [6, 6.07) is 24.4. The van der Waals surface area contributed by atoms with Crippen molar-refractivity contribution in [3.63, 3.8) is 0 Å². The Bertz CT molecular complexity index is 1190. The van der Waals surface area contributed by atoms with Gasteiger partial charge in [0.1, 0.15) is 6.07 Å². The lowest BCUT2D eigenvalue weighted by Crippen LogP contribution is -1.90. The first-order chi connectivity index (χ1) is 15.2. The monoisotopic (exact) mass is 401 g/mol. The second kappa shape index (κ2) is 11.5. The van der Waals surface area contributed by atoms with Gasteiger partial charge in [0.05, 0.1) is 5.56 Å². The molecule has 0 atom stereocenters. The maximum atomic E-state index is 9.24. The van der Waals surface area contributed by atoms with Crippen LogP contribution in [0.2, 0.25) is 0 Å². The van der Waals surface area contributed by atoms with Crippen molar-refractivity contribution in [1.82, 2.24) is 0 Å². The number of unbranched alkanes of at least 4 members (excludes halogenated alkanes) is 2. The zero-order valence-electron chi connectivity index (χ0n) is 18.3. The van der Waals surface area contributed by atoms with Gasteiger partial charge in [-0.15, -0.1) is 0 Å². The van der Waals surface area contributed by atoms with Gasteiger partial charge in [-0.2, -0.15) is 5.26 Å². The molecule has 0 saturated carbocycles. The minimum atomic E-state index is 0.604. The van der Waals surface area contributed by atoms with E-state index in [-0.39, 0.29) is 0 Å². The van der Waals surface area contributed by atoms with E-state index < -0.39 is 0 Å². The van der Waals surface area contributed by atoms with Crippen LogP contribution in [0.5, 0.6) is 0 Å². The molecule has 1 nitrogen and oxygen atoms in total. The van der Waals surface area contributed by atoms with Crippen molar-refractivity contribution in [2.24, 2.45) is 0 Å². The summed E-state index contributed by atoms with van der Waals surface area (Å²) >= 11 is 0. The average molecular weight is 402 g/mol. The van der Waals surface area contributed by atoms with Gasteiger partial charge in [0, 0.05) is 22.3 Å². The van der Waals surface area contributed by atoms with E-state index in [0.717, 1.165) is 35.1 Å². The number of rotatable bonds is 5. The Morgan fingerprint density at radius 1 is 0.677 bits per heavy atom.